The van der Waals surface area contributed by atoms with Crippen LogP contribution in [0.1, 0.15) is 33.1 Å². The fraction of sp³-hybridized carbons (Fsp3) is 0.900. The second kappa shape index (κ2) is 5.32. The second-order valence-corrected chi connectivity index (χ2v) is 3.77. The van der Waals surface area contributed by atoms with Gasteiger partial charge in [0.15, 0.2) is 0 Å². The van der Waals surface area contributed by atoms with Crippen molar-refractivity contribution in [2.45, 2.75) is 51.3 Å². The van der Waals surface area contributed by atoms with Crippen LogP contribution in [0.2, 0.25) is 0 Å². The average molecular weight is 200 g/mol. The molecule has 82 valence electrons. The molecule has 0 bridgehead atoms. The Kier molecular flexibility index (Phi) is 4.35. The summed E-state index contributed by atoms with van der Waals surface area (Å²) in [5.74, 6) is -0.0348. The molecule has 14 heavy (non-hydrogen) atoms. The Morgan fingerprint density at radius 1 is 1.57 bits per heavy atom. The lowest BCUT2D eigenvalue weighted by Gasteiger charge is -2.35. The van der Waals surface area contributed by atoms with Crippen molar-refractivity contribution in [3.63, 3.8) is 0 Å². The number of carbonyl (C=O) groups excluding carboxylic acids is 1. The van der Waals surface area contributed by atoms with Gasteiger partial charge in [-0.3, -0.25) is 4.79 Å². The number of nitrogens with one attached hydrogen (secondary N) is 1. The van der Waals surface area contributed by atoms with Crippen LogP contribution in [0.4, 0.5) is 0 Å². The largest absolute Gasteiger partial charge is 0.378 e. The molecule has 1 rings (SSSR count). The minimum Gasteiger partial charge on any atom is -0.378 e. The van der Waals surface area contributed by atoms with Crippen LogP contribution in [0.15, 0.2) is 0 Å². The van der Waals surface area contributed by atoms with Gasteiger partial charge in [0.25, 0.3) is 0 Å². The molecule has 0 spiro atoms. The van der Waals surface area contributed by atoms with Crippen LogP contribution in [0.5, 0.6) is 0 Å². The minimum atomic E-state index is -0.360. The number of amides is 1. The fourth-order valence-electron chi connectivity index (χ4n) is 1.55. The molecule has 1 aliphatic rings. The van der Waals surface area contributed by atoms with Gasteiger partial charge in [-0.25, -0.2) is 0 Å². The van der Waals surface area contributed by atoms with Crippen molar-refractivity contribution in [2.24, 2.45) is 5.73 Å². The first kappa shape index (κ1) is 11.5. The summed E-state index contributed by atoms with van der Waals surface area (Å²) in [6, 6.07) is -0.0854. The summed E-state index contributed by atoms with van der Waals surface area (Å²) in [6.45, 7) is 4.65. The summed E-state index contributed by atoms with van der Waals surface area (Å²) in [4.78, 5) is 11.4. The van der Waals surface area contributed by atoms with E-state index in [2.05, 4.69) is 5.32 Å². The second-order valence-electron chi connectivity index (χ2n) is 3.77. The zero-order chi connectivity index (χ0) is 10.6. The van der Waals surface area contributed by atoms with Crippen molar-refractivity contribution in [1.82, 2.24) is 5.32 Å². The molecule has 0 aromatic heterocycles. The van der Waals surface area contributed by atoms with Crippen molar-refractivity contribution < 1.29 is 9.53 Å². The number of hydrogen-bond acceptors (Lipinski definition) is 3. The number of nitrogens with two attached hydrogens (primary N) is 1. The lowest BCUT2D eigenvalue weighted by molar-refractivity contribution is -0.125. The highest BCUT2D eigenvalue weighted by Crippen LogP contribution is 2.23. The Morgan fingerprint density at radius 2 is 2.21 bits per heavy atom. The van der Waals surface area contributed by atoms with E-state index in [0.29, 0.717) is 12.5 Å². The Morgan fingerprint density at radius 3 is 2.71 bits per heavy atom. The fourth-order valence-corrected chi connectivity index (χ4v) is 1.55. The smallest absolute Gasteiger partial charge is 0.237 e. The molecule has 1 amide bonds. The van der Waals surface area contributed by atoms with Gasteiger partial charge in [0.1, 0.15) is 0 Å². The van der Waals surface area contributed by atoms with Gasteiger partial charge in [0.05, 0.1) is 12.1 Å². The average Bonchev–Trinajstić information content (AvgIpc) is 2.13. The van der Waals surface area contributed by atoms with Crippen LogP contribution in [0.25, 0.3) is 0 Å². The molecule has 0 aliphatic heterocycles. The highest BCUT2D eigenvalue weighted by Gasteiger charge is 2.31. The molecule has 4 heteroatoms. The molecule has 0 aromatic rings. The standard InChI is InChI=1S/C10H20N2O2/c1-3-9(11)10(13)12-7-5-8(6-7)14-4-2/h7-9H,3-6,11H2,1-2H3,(H,12,13)/t7?,8?,9-/m0/s1. The van der Waals surface area contributed by atoms with E-state index in [1.807, 2.05) is 13.8 Å². The van der Waals surface area contributed by atoms with Crippen molar-refractivity contribution in [3.05, 3.63) is 0 Å². The SMILES string of the molecule is CCOC1CC(NC(=O)[C@@H](N)CC)C1. The molecule has 1 saturated carbocycles. The van der Waals surface area contributed by atoms with E-state index in [4.69, 9.17) is 10.5 Å². The van der Waals surface area contributed by atoms with Crippen LogP contribution in [-0.2, 0) is 9.53 Å². The highest BCUT2D eigenvalue weighted by atomic mass is 16.5. The van der Waals surface area contributed by atoms with Gasteiger partial charge < -0.3 is 15.8 Å². The van der Waals surface area contributed by atoms with Crippen LogP contribution >= 0.6 is 0 Å². The first-order valence-electron chi connectivity index (χ1n) is 5.34. The Balaban J connectivity index is 2.13. The highest BCUT2D eigenvalue weighted by molar-refractivity contribution is 5.81. The van der Waals surface area contributed by atoms with Gasteiger partial charge in [-0.1, -0.05) is 6.92 Å². The van der Waals surface area contributed by atoms with E-state index in [1.165, 1.54) is 0 Å². The van der Waals surface area contributed by atoms with Crippen molar-refractivity contribution in [3.8, 4) is 0 Å². The van der Waals surface area contributed by atoms with Crippen LogP contribution in [-0.4, -0.2) is 30.7 Å². The molecule has 0 radical (unpaired) electrons. The first-order valence-corrected chi connectivity index (χ1v) is 5.34. The number of hydrogen-bond donors (Lipinski definition) is 2. The third-order valence-electron chi connectivity index (χ3n) is 2.62. The van der Waals surface area contributed by atoms with Crippen molar-refractivity contribution in [2.75, 3.05) is 6.61 Å². The molecule has 1 atom stereocenters. The van der Waals surface area contributed by atoms with E-state index >= 15 is 0 Å². The van der Waals surface area contributed by atoms with Gasteiger partial charge in [0, 0.05) is 12.6 Å². The summed E-state index contributed by atoms with van der Waals surface area (Å²) in [5.41, 5.74) is 5.59. The molecule has 1 aliphatic carbocycles. The number of carbonyl (C=O) groups is 1. The van der Waals surface area contributed by atoms with Crippen molar-refractivity contribution >= 4 is 5.91 Å². The number of rotatable bonds is 5. The Hall–Kier alpha value is -0.610. The van der Waals surface area contributed by atoms with E-state index < -0.39 is 0 Å². The third kappa shape index (κ3) is 2.96. The number of ether oxygens (including phenoxy) is 1. The Bertz CT molecular complexity index is 191. The van der Waals surface area contributed by atoms with Crippen LogP contribution < -0.4 is 11.1 Å². The van der Waals surface area contributed by atoms with Crippen molar-refractivity contribution in [1.29, 1.82) is 0 Å². The maximum Gasteiger partial charge on any atom is 0.237 e. The lowest BCUT2D eigenvalue weighted by Crippen LogP contribution is -2.52. The summed E-state index contributed by atoms with van der Waals surface area (Å²) in [6.07, 6.45) is 2.88. The molecule has 0 aromatic carbocycles. The topological polar surface area (TPSA) is 64.3 Å². The third-order valence-corrected chi connectivity index (χ3v) is 2.62. The van der Waals surface area contributed by atoms with Gasteiger partial charge in [-0.05, 0) is 26.2 Å². The van der Waals surface area contributed by atoms with E-state index in [9.17, 15) is 4.79 Å². The predicted octanol–water partition coefficient (Wildman–Crippen LogP) is 0.407. The first-order chi connectivity index (χ1) is 6.67. The zero-order valence-electron chi connectivity index (χ0n) is 8.95. The molecule has 0 heterocycles. The molecular formula is C10H20N2O2. The monoisotopic (exact) mass is 200 g/mol. The van der Waals surface area contributed by atoms with Crippen LogP contribution in [0.3, 0.4) is 0 Å². The maximum atomic E-state index is 11.4. The maximum absolute atomic E-state index is 11.4. The summed E-state index contributed by atoms with van der Waals surface area (Å²) >= 11 is 0. The van der Waals surface area contributed by atoms with Gasteiger partial charge in [0.2, 0.25) is 5.91 Å². The lowest BCUT2D eigenvalue weighted by atomic mass is 9.89. The Labute approximate surface area is 85.2 Å². The molecule has 4 nitrogen and oxygen atoms in total. The predicted molar refractivity (Wildman–Crippen MR) is 54.8 cm³/mol. The quantitative estimate of drug-likeness (QED) is 0.675. The van der Waals surface area contributed by atoms with E-state index in [0.717, 1.165) is 19.4 Å². The molecule has 0 saturated heterocycles. The molecular weight excluding hydrogens is 180 g/mol. The molecule has 1 fully saturated rings. The normalized spacial score (nSPS) is 27.9. The molecule has 3 N–H and O–H groups in total. The van der Waals surface area contributed by atoms with E-state index in [-0.39, 0.29) is 18.0 Å². The van der Waals surface area contributed by atoms with Crippen LogP contribution in [0, 0.1) is 0 Å². The zero-order valence-corrected chi connectivity index (χ0v) is 8.95. The van der Waals surface area contributed by atoms with Gasteiger partial charge in [-0.15, -0.1) is 0 Å². The summed E-state index contributed by atoms with van der Waals surface area (Å²) in [7, 11) is 0. The van der Waals surface area contributed by atoms with Gasteiger partial charge in [-0.2, -0.15) is 0 Å². The summed E-state index contributed by atoms with van der Waals surface area (Å²) < 4.78 is 5.39. The van der Waals surface area contributed by atoms with Gasteiger partial charge >= 0.3 is 0 Å². The minimum absolute atomic E-state index is 0.0348. The van der Waals surface area contributed by atoms with E-state index in [1.54, 1.807) is 0 Å². The molecule has 0 unspecified atom stereocenters. The summed E-state index contributed by atoms with van der Waals surface area (Å²) in [5, 5.41) is 2.91.